The smallest absolute Gasteiger partial charge is 0.131 e. The number of nitrogens with one attached hydrogen (secondary N) is 2. The van der Waals surface area contributed by atoms with Crippen LogP contribution in [0.25, 0.3) is 0 Å². The number of hydrogen-bond donors (Lipinski definition) is 2. The summed E-state index contributed by atoms with van der Waals surface area (Å²) in [6, 6.07) is 4.93. The van der Waals surface area contributed by atoms with Crippen molar-refractivity contribution in [2.75, 3.05) is 20.2 Å². The molecule has 0 unspecified atom stereocenters. The van der Waals surface area contributed by atoms with Crippen molar-refractivity contribution in [3.05, 3.63) is 29.6 Å². The summed E-state index contributed by atoms with van der Waals surface area (Å²) >= 11 is 0. The Bertz CT molecular complexity index is 375. The second-order valence-electron chi connectivity index (χ2n) is 5.31. The molecule has 1 aromatic rings. The Morgan fingerprint density at radius 2 is 1.94 bits per heavy atom. The Kier molecular flexibility index (Phi) is 5.56. The molecular weight excluding hydrogens is 231 g/mol. The van der Waals surface area contributed by atoms with Crippen LogP contribution in [0.2, 0.25) is 0 Å². The van der Waals surface area contributed by atoms with E-state index in [0.717, 1.165) is 13.1 Å². The second kappa shape index (κ2) is 6.71. The van der Waals surface area contributed by atoms with Crippen LogP contribution in [0, 0.1) is 5.82 Å². The van der Waals surface area contributed by atoms with E-state index in [1.54, 1.807) is 12.1 Å². The summed E-state index contributed by atoms with van der Waals surface area (Å²) in [5, 5.41) is 6.57. The summed E-state index contributed by atoms with van der Waals surface area (Å²) in [7, 11) is 1.53. The molecule has 0 radical (unpaired) electrons. The van der Waals surface area contributed by atoms with Crippen LogP contribution in [0.1, 0.15) is 26.3 Å². The summed E-state index contributed by atoms with van der Waals surface area (Å²) in [5.74, 6) is 0.316. The molecule has 0 atom stereocenters. The molecule has 1 aromatic carbocycles. The highest BCUT2D eigenvalue weighted by Crippen LogP contribution is 2.15. The third-order valence-electron chi connectivity index (χ3n) is 2.53. The van der Waals surface area contributed by atoms with Crippen LogP contribution in [-0.2, 0) is 6.54 Å². The number of halogens is 1. The molecule has 0 amide bonds. The van der Waals surface area contributed by atoms with Crippen LogP contribution in [0.5, 0.6) is 5.75 Å². The fraction of sp³-hybridized carbons (Fsp3) is 0.571. The largest absolute Gasteiger partial charge is 0.497 e. The summed E-state index contributed by atoms with van der Waals surface area (Å²) in [5.41, 5.74) is 0.777. The van der Waals surface area contributed by atoms with Gasteiger partial charge in [0.15, 0.2) is 0 Å². The molecule has 0 saturated heterocycles. The predicted octanol–water partition coefficient (Wildman–Crippen LogP) is 2.31. The number of benzene rings is 1. The van der Waals surface area contributed by atoms with Gasteiger partial charge < -0.3 is 15.4 Å². The second-order valence-corrected chi connectivity index (χ2v) is 5.31. The normalized spacial score (nSPS) is 11.6. The van der Waals surface area contributed by atoms with E-state index in [1.807, 2.05) is 0 Å². The first-order valence-electron chi connectivity index (χ1n) is 6.20. The molecule has 2 N–H and O–H groups in total. The first kappa shape index (κ1) is 14.9. The molecule has 18 heavy (non-hydrogen) atoms. The summed E-state index contributed by atoms with van der Waals surface area (Å²) in [6.07, 6.45) is 0. The van der Waals surface area contributed by atoms with E-state index in [2.05, 4.69) is 31.4 Å². The van der Waals surface area contributed by atoms with Gasteiger partial charge in [-0.1, -0.05) is 6.07 Å². The molecule has 0 aliphatic rings. The number of rotatable bonds is 6. The van der Waals surface area contributed by atoms with E-state index in [0.29, 0.717) is 17.9 Å². The van der Waals surface area contributed by atoms with Gasteiger partial charge in [0.05, 0.1) is 7.11 Å². The van der Waals surface area contributed by atoms with Crippen LogP contribution >= 0.6 is 0 Å². The summed E-state index contributed by atoms with van der Waals surface area (Å²) in [6.45, 7) is 8.56. The van der Waals surface area contributed by atoms with Gasteiger partial charge in [-0.2, -0.15) is 0 Å². The average Bonchev–Trinajstić information content (AvgIpc) is 2.29. The fourth-order valence-corrected chi connectivity index (χ4v) is 1.55. The molecule has 0 aliphatic carbocycles. The molecule has 3 nitrogen and oxygen atoms in total. The third kappa shape index (κ3) is 5.47. The van der Waals surface area contributed by atoms with Gasteiger partial charge in [-0.15, -0.1) is 0 Å². The Labute approximate surface area is 109 Å². The molecule has 0 aromatic heterocycles. The van der Waals surface area contributed by atoms with Crippen molar-refractivity contribution in [2.24, 2.45) is 0 Å². The van der Waals surface area contributed by atoms with E-state index in [9.17, 15) is 4.39 Å². The molecular formula is C14H23FN2O. The number of methoxy groups -OCH3 is 1. The van der Waals surface area contributed by atoms with Gasteiger partial charge in [-0.05, 0) is 26.8 Å². The van der Waals surface area contributed by atoms with Crippen molar-refractivity contribution in [1.29, 1.82) is 0 Å². The van der Waals surface area contributed by atoms with Crippen molar-refractivity contribution < 1.29 is 9.13 Å². The van der Waals surface area contributed by atoms with Crippen molar-refractivity contribution in [3.63, 3.8) is 0 Å². The molecule has 4 heteroatoms. The maximum Gasteiger partial charge on any atom is 0.131 e. The lowest BCUT2D eigenvalue weighted by Gasteiger charge is -2.20. The molecule has 0 saturated carbocycles. The van der Waals surface area contributed by atoms with Gasteiger partial charge in [0.2, 0.25) is 0 Å². The van der Waals surface area contributed by atoms with Crippen LogP contribution in [0.15, 0.2) is 18.2 Å². The standard InChI is InChI=1S/C14H23FN2O/c1-14(2,3)17-8-7-16-10-11-5-6-12(18-4)9-13(11)15/h5-6,9,16-17H,7-8,10H2,1-4H3. The van der Waals surface area contributed by atoms with Crippen LogP contribution in [0.4, 0.5) is 4.39 Å². The lowest BCUT2D eigenvalue weighted by molar-refractivity contribution is 0.409. The Hall–Kier alpha value is -1.13. The zero-order valence-corrected chi connectivity index (χ0v) is 11.6. The Morgan fingerprint density at radius 3 is 2.50 bits per heavy atom. The maximum absolute atomic E-state index is 13.6. The zero-order valence-electron chi connectivity index (χ0n) is 11.6. The minimum Gasteiger partial charge on any atom is -0.497 e. The molecule has 102 valence electrons. The fourth-order valence-electron chi connectivity index (χ4n) is 1.55. The first-order chi connectivity index (χ1) is 8.42. The lowest BCUT2D eigenvalue weighted by atomic mass is 10.1. The highest BCUT2D eigenvalue weighted by Gasteiger charge is 2.07. The zero-order chi connectivity index (χ0) is 13.6. The van der Waals surface area contributed by atoms with Crippen molar-refractivity contribution in [3.8, 4) is 5.75 Å². The van der Waals surface area contributed by atoms with Gasteiger partial charge in [-0.25, -0.2) is 4.39 Å². The van der Waals surface area contributed by atoms with Crippen LogP contribution in [0.3, 0.4) is 0 Å². The molecule has 0 spiro atoms. The Balaban J connectivity index is 2.31. The maximum atomic E-state index is 13.6. The van der Waals surface area contributed by atoms with Crippen LogP contribution < -0.4 is 15.4 Å². The highest BCUT2D eigenvalue weighted by atomic mass is 19.1. The van der Waals surface area contributed by atoms with Crippen molar-refractivity contribution in [1.82, 2.24) is 10.6 Å². The summed E-state index contributed by atoms with van der Waals surface area (Å²) < 4.78 is 18.6. The minimum absolute atomic E-state index is 0.118. The predicted molar refractivity (Wildman–Crippen MR) is 72.4 cm³/mol. The minimum atomic E-state index is -0.231. The molecule has 0 aliphatic heterocycles. The average molecular weight is 254 g/mol. The number of ether oxygens (including phenoxy) is 1. The van der Waals surface area contributed by atoms with Gasteiger partial charge in [0.1, 0.15) is 11.6 Å². The monoisotopic (exact) mass is 254 g/mol. The topological polar surface area (TPSA) is 33.3 Å². The summed E-state index contributed by atoms with van der Waals surface area (Å²) in [4.78, 5) is 0. The molecule has 0 bridgehead atoms. The van der Waals surface area contributed by atoms with Crippen molar-refractivity contribution in [2.45, 2.75) is 32.9 Å². The SMILES string of the molecule is COc1ccc(CNCCNC(C)(C)C)c(F)c1. The Morgan fingerprint density at radius 1 is 1.22 bits per heavy atom. The van der Waals surface area contributed by atoms with Gasteiger partial charge in [-0.3, -0.25) is 0 Å². The van der Waals surface area contributed by atoms with Crippen LogP contribution in [-0.4, -0.2) is 25.7 Å². The number of hydrogen-bond acceptors (Lipinski definition) is 3. The van der Waals surface area contributed by atoms with E-state index >= 15 is 0 Å². The molecule has 1 rings (SSSR count). The van der Waals surface area contributed by atoms with E-state index in [4.69, 9.17) is 4.74 Å². The van der Waals surface area contributed by atoms with Gasteiger partial charge in [0.25, 0.3) is 0 Å². The first-order valence-corrected chi connectivity index (χ1v) is 6.20. The third-order valence-corrected chi connectivity index (χ3v) is 2.53. The lowest BCUT2D eigenvalue weighted by Crippen LogP contribution is -2.40. The van der Waals surface area contributed by atoms with E-state index < -0.39 is 0 Å². The quantitative estimate of drug-likeness (QED) is 0.764. The molecule has 0 heterocycles. The van der Waals surface area contributed by atoms with Crippen molar-refractivity contribution >= 4 is 0 Å². The van der Waals surface area contributed by atoms with Gasteiger partial charge in [0, 0.05) is 36.8 Å². The highest BCUT2D eigenvalue weighted by molar-refractivity contribution is 5.28. The van der Waals surface area contributed by atoms with E-state index in [1.165, 1.54) is 13.2 Å². The molecule has 0 fully saturated rings. The van der Waals surface area contributed by atoms with E-state index in [-0.39, 0.29) is 11.4 Å². The van der Waals surface area contributed by atoms with Gasteiger partial charge >= 0.3 is 0 Å².